The van der Waals surface area contributed by atoms with Crippen LogP contribution in [0.4, 0.5) is 0 Å². The lowest BCUT2D eigenvalue weighted by Crippen LogP contribution is -2.18. The summed E-state index contributed by atoms with van der Waals surface area (Å²) in [5.74, 6) is 0. The Kier molecular flexibility index (Phi) is 4.58. The molecule has 0 amide bonds. The second-order valence-corrected chi connectivity index (χ2v) is 4.21. The van der Waals surface area contributed by atoms with Crippen LogP contribution in [0.3, 0.4) is 0 Å². The van der Waals surface area contributed by atoms with Gasteiger partial charge in [0.2, 0.25) is 0 Å². The molecule has 0 radical (unpaired) electrons. The molecule has 82 valence electrons. The van der Waals surface area contributed by atoms with Gasteiger partial charge in [0.15, 0.2) is 6.23 Å². The van der Waals surface area contributed by atoms with Crippen molar-refractivity contribution >= 4 is 22.3 Å². The molecule has 1 rings (SSSR count). The maximum Gasteiger partial charge on any atom is 0.165 e. The van der Waals surface area contributed by atoms with Gasteiger partial charge in [0, 0.05) is 24.1 Å². The van der Waals surface area contributed by atoms with Crippen molar-refractivity contribution in [1.29, 1.82) is 0 Å². The Bertz CT molecular complexity index is 324. The van der Waals surface area contributed by atoms with Crippen LogP contribution >= 0.6 is 15.9 Å². The van der Waals surface area contributed by atoms with Gasteiger partial charge in [-0.05, 0) is 12.1 Å². The van der Waals surface area contributed by atoms with Crippen molar-refractivity contribution in [3.05, 3.63) is 34.3 Å². The van der Waals surface area contributed by atoms with Crippen LogP contribution < -0.4 is 5.43 Å². The first kappa shape index (κ1) is 12.0. The van der Waals surface area contributed by atoms with Gasteiger partial charge in [-0.25, -0.2) is 0 Å². The van der Waals surface area contributed by atoms with Gasteiger partial charge in [-0.3, -0.25) is 5.43 Å². The van der Waals surface area contributed by atoms with E-state index in [1.807, 2.05) is 38.4 Å². The van der Waals surface area contributed by atoms with Gasteiger partial charge in [-0.1, -0.05) is 28.1 Å². The Morgan fingerprint density at radius 3 is 2.53 bits per heavy atom. The van der Waals surface area contributed by atoms with Gasteiger partial charge in [-0.15, -0.1) is 0 Å². The minimum Gasteiger partial charge on any atom is -0.368 e. The van der Waals surface area contributed by atoms with Crippen LogP contribution in [0.1, 0.15) is 11.8 Å². The molecule has 5 heteroatoms. The third-order valence-electron chi connectivity index (χ3n) is 1.67. The summed E-state index contributed by atoms with van der Waals surface area (Å²) in [5, 5.41) is 13.5. The Morgan fingerprint density at radius 2 is 2.00 bits per heavy atom. The van der Waals surface area contributed by atoms with Crippen LogP contribution in [0.5, 0.6) is 0 Å². The van der Waals surface area contributed by atoms with Crippen molar-refractivity contribution < 1.29 is 5.11 Å². The van der Waals surface area contributed by atoms with Gasteiger partial charge in [0.05, 0.1) is 0 Å². The highest BCUT2D eigenvalue weighted by Gasteiger charge is 2.03. The quantitative estimate of drug-likeness (QED) is 0.378. The zero-order valence-corrected chi connectivity index (χ0v) is 10.3. The molecule has 1 aromatic carbocycles. The zero-order valence-electron chi connectivity index (χ0n) is 8.68. The fourth-order valence-electron chi connectivity index (χ4n) is 0.939. The zero-order chi connectivity index (χ0) is 11.3. The summed E-state index contributed by atoms with van der Waals surface area (Å²) in [6, 6.07) is 7.39. The van der Waals surface area contributed by atoms with Crippen molar-refractivity contribution in [1.82, 2.24) is 10.3 Å². The SMILES string of the molecule is CN(C)/C=N/NC(O)c1ccc(Br)cc1. The first-order chi connectivity index (χ1) is 7.09. The van der Waals surface area contributed by atoms with Crippen molar-refractivity contribution in [3.8, 4) is 0 Å². The number of benzene rings is 1. The molecule has 0 fully saturated rings. The Morgan fingerprint density at radius 1 is 1.40 bits per heavy atom. The number of nitrogens with one attached hydrogen (secondary N) is 1. The number of aliphatic hydroxyl groups is 1. The summed E-state index contributed by atoms with van der Waals surface area (Å²) in [4.78, 5) is 1.78. The standard InChI is InChI=1S/C10H14BrN3O/c1-14(2)7-12-13-10(15)8-3-5-9(11)6-4-8/h3-7,10,13,15H,1-2H3/b12-7+. The van der Waals surface area contributed by atoms with Crippen LogP contribution in [-0.2, 0) is 0 Å². The van der Waals surface area contributed by atoms with E-state index >= 15 is 0 Å². The van der Waals surface area contributed by atoms with Crippen molar-refractivity contribution in [2.45, 2.75) is 6.23 Å². The molecule has 2 N–H and O–H groups in total. The molecule has 0 aliphatic rings. The van der Waals surface area contributed by atoms with E-state index in [1.165, 1.54) is 0 Å². The van der Waals surface area contributed by atoms with E-state index in [9.17, 15) is 5.11 Å². The predicted octanol–water partition coefficient (Wildman–Crippen LogP) is 1.53. The van der Waals surface area contributed by atoms with Crippen molar-refractivity contribution in [2.24, 2.45) is 5.10 Å². The summed E-state index contributed by atoms with van der Waals surface area (Å²) in [6.07, 6.45) is 0.802. The molecule has 1 unspecified atom stereocenters. The van der Waals surface area contributed by atoms with Crippen LogP contribution in [0.25, 0.3) is 0 Å². The number of rotatable bonds is 4. The minimum absolute atomic E-state index is 0.772. The number of hydrogen-bond donors (Lipinski definition) is 2. The minimum atomic E-state index is -0.783. The average Bonchev–Trinajstić information content (AvgIpc) is 2.18. The topological polar surface area (TPSA) is 47.9 Å². The third kappa shape index (κ3) is 4.31. The van der Waals surface area contributed by atoms with E-state index < -0.39 is 6.23 Å². The highest BCUT2D eigenvalue weighted by molar-refractivity contribution is 9.10. The maximum atomic E-state index is 9.67. The summed E-state index contributed by atoms with van der Waals surface area (Å²) in [6.45, 7) is 0. The Balaban J connectivity index is 2.53. The fourth-order valence-corrected chi connectivity index (χ4v) is 1.20. The van der Waals surface area contributed by atoms with E-state index in [0.717, 1.165) is 10.0 Å². The second-order valence-electron chi connectivity index (χ2n) is 3.29. The van der Waals surface area contributed by atoms with E-state index in [4.69, 9.17) is 0 Å². The highest BCUT2D eigenvalue weighted by Crippen LogP contribution is 2.14. The molecular weight excluding hydrogens is 258 g/mol. The van der Waals surface area contributed by atoms with E-state index in [1.54, 1.807) is 11.2 Å². The van der Waals surface area contributed by atoms with Gasteiger partial charge >= 0.3 is 0 Å². The molecule has 15 heavy (non-hydrogen) atoms. The molecule has 4 nitrogen and oxygen atoms in total. The first-order valence-electron chi connectivity index (χ1n) is 4.48. The number of nitrogens with zero attached hydrogens (tertiary/aromatic N) is 2. The Labute approximate surface area is 97.7 Å². The molecule has 0 spiro atoms. The molecule has 0 saturated heterocycles. The number of hydrazone groups is 1. The monoisotopic (exact) mass is 271 g/mol. The van der Waals surface area contributed by atoms with Crippen LogP contribution in [0.15, 0.2) is 33.8 Å². The normalized spacial score (nSPS) is 12.8. The summed E-state index contributed by atoms with van der Waals surface area (Å²) in [5.41, 5.74) is 3.39. The van der Waals surface area contributed by atoms with Crippen LogP contribution in [0.2, 0.25) is 0 Å². The van der Waals surface area contributed by atoms with Gasteiger partial charge in [0.1, 0.15) is 6.34 Å². The maximum absolute atomic E-state index is 9.67. The molecule has 0 aliphatic carbocycles. The molecule has 0 heterocycles. The predicted molar refractivity (Wildman–Crippen MR) is 64.4 cm³/mol. The van der Waals surface area contributed by atoms with Gasteiger partial charge < -0.3 is 10.0 Å². The van der Waals surface area contributed by atoms with E-state index in [2.05, 4.69) is 26.5 Å². The van der Waals surface area contributed by atoms with E-state index in [-0.39, 0.29) is 0 Å². The van der Waals surface area contributed by atoms with E-state index in [0.29, 0.717) is 0 Å². The lowest BCUT2D eigenvalue weighted by Gasteiger charge is -2.11. The molecular formula is C10H14BrN3O. The van der Waals surface area contributed by atoms with Crippen LogP contribution in [0, 0.1) is 0 Å². The average molecular weight is 272 g/mol. The van der Waals surface area contributed by atoms with Gasteiger partial charge in [-0.2, -0.15) is 5.10 Å². The lowest BCUT2D eigenvalue weighted by molar-refractivity contribution is 0.141. The molecule has 0 saturated carbocycles. The summed E-state index contributed by atoms with van der Waals surface area (Å²) >= 11 is 3.33. The summed E-state index contributed by atoms with van der Waals surface area (Å²) in [7, 11) is 3.72. The molecule has 0 aliphatic heterocycles. The Hall–Kier alpha value is -1.07. The highest BCUT2D eigenvalue weighted by atomic mass is 79.9. The molecule has 1 aromatic rings. The second kappa shape index (κ2) is 5.72. The van der Waals surface area contributed by atoms with Crippen molar-refractivity contribution in [3.63, 3.8) is 0 Å². The van der Waals surface area contributed by atoms with Crippen molar-refractivity contribution in [2.75, 3.05) is 14.1 Å². The lowest BCUT2D eigenvalue weighted by atomic mass is 10.2. The molecule has 0 aromatic heterocycles. The molecule has 1 atom stereocenters. The first-order valence-corrected chi connectivity index (χ1v) is 5.27. The number of aliphatic hydroxyl groups excluding tert-OH is 1. The number of halogens is 1. The third-order valence-corrected chi connectivity index (χ3v) is 2.20. The number of hydrogen-bond acceptors (Lipinski definition) is 3. The summed E-state index contributed by atoms with van der Waals surface area (Å²) < 4.78 is 0.982. The molecule has 0 bridgehead atoms. The largest absolute Gasteiger partial charge is 0.368 e. The fraction of sp³-hybridized carbons (Fsp3) is 0.300. The van der Waals surface area contributed by atoms with Gasteiger partial charge in [0.25, 0.3) is 0 Å². The smallest absolute Gasteiger partial charge is 0.165 e. The van der Waals surface area contributed by atoms with Crippen LogP contribution in [-0.4, -0.2) is 30.4 Å².